The van der Waals surface area contributed by atoms with Crippen molar-refractivity contribution < 1.29 is 14.3 Å². The van der Waals surface area contributed by atoms with Gasteiger partial charge in [0.1, 0.15) is 15.8 Å². The maximum atomic E-state index is 11.7. The minimum Gasteiger partial charge on any atom is -0.493 e. The number of hydrogen-bond acceptors (Lipinski definition) is 5. The van der Waals surface area contributed by atoms with E-state index >= 15 is 0 Å². The van der Waals surface area contributed by atoms with Gasteiger partial charge in [0, 0.05) is 6.42 Å². The number of thioether (sulfide) groups is 1. The largest absolute Gasteiger partial charge is 0.493 e. The van der Waals surface area contributed by atoms with Gasteiger partial charge in [-0.2, -0.15) is 0 Å². The first-order valence-corrected chi connectivity index (χ1v) is 9.91. The van der Waals surface area contributed by atoms with Gasteiger partial charge in [-0.25, -0.2) is 0 Å². The van der Waals surface area contributed by atoms with E-state index < -0.39 is 0 Å². The monoisotopic (exact) mass is 399 g/mol. The van der Waals surface area contributed by atoms with Gasteiger partial charge in [-0.05, 0) is 60.9 Å². The standard InChI is InChI=1S/C21H21NO3S2/c1-14-9-15(2)11-18(10-14)25-8-4-7-24-17-6-3-5-16(12-17)13-19-20(23)22-21(26)27-19/h3,5-6,9-13H,4,7-8H2,1-2H3,(H,22,23,26). The summed E-state index contributed by atoms with van der Waals surface area (Å²) in [5.41, 5.74) is 3.30. The van der Waals surface area contributed by atoms with Crippen molar-refractivity contribution in [2.24, 2.45) is 0 Å². The first-order valence-electron chi connectivity index (χ1n) is 8.68. The van der Waals surface area contributed by atoms with Crippen LogP contribution in [0.2, 0.25) is 0 Å². The molecule has 1 fully saturated rings. The van der Waals surface area contributed by atoms with Crippen LogP contribution in [0.25, 0.3) is 6.08 Å². The molecule has 1 aliphatic heterocycles. The number of benzene rings is 2. The molecule has 1 amide bonds. The van der Waals surface area contributed by atoms with Crippen molar-refractivity contribution in [1.82, 2.24) is 5.32 Å². The van der Waals surface area contributed by atoms with Gasteiger partial charge in [0.25, 0.3) is 5.91 Å². The third-order valence-electron chi connectivity index (χ3n) is 3.82. The van der Waals surface area contributed by atoms with Crippen LogP contribution in [0.4, 0.5) is 0 Å². The van der Waals surface area contributed by atoms with Gasteiger partial charge in [-0.15, -0.1) is 0 Å². The molecule has 2 aromatic carbocycles. The fourth-order valence-corrected chi connectivity index (χ4v) is 3.77. The van der Waals surface area contributed by atoms with Gasteiger partial charge < -0.3 is 14.8 Å². The molecule has 4 nitrogen and oxygen atoms in total. The second-order valence-corrected chi connectivity index (χ2v) is 8.02. The molecule has 1 aliphatic rings. The Morgan fingerprint density at radius 3 is 2.41 bits per heavy atom. The van der Waals surface area contributed by atoms with Crippen LogP contribution in [0.1, 0.15) is 23.1 Å². The Hall–Kier alpha value is -2.31. The van der Waals surface area contributed by atoms with Crippen molar-refractivity contribution in [3.63, 3.8) is 0 Å². The Bertz CT molecular complexity index is 872. The molecular weight excluding hydrogens is 378 g/mol. The van der Waals surface area contributed by atoms with Gasteiger partial charge in [0.05, 0.1) is 18.1 Å². The van der Waals surface area contributed by atoms with Crippen LogP contribution in [-0.4, -0.2) is 23.4 Å². The zero-order chi connectivity index (χ0) is 19.2. The molecule has 1 N–H and O–H groups in total. The lowest BCUT2D eigenvalue weighted by atomic mass is 10.1. The topological polar surface area (TPSA) is 47.6 Å². The third kappa shape index (κ3) is 5.84. The molecule has 0 radical (unpaired) electrons. The highest BCUT2D eigenvalue weighted by Crippen LogP contribution is 2.26. The lowest BCUT2D eigenvalue weighted by molar-refractivity contribution is -0.115. The quantitative estimate of drug-likeness (QED) is 0.418. The number of ether oxygens (including phenoxy) is 2. The summed E-state index contributed by atoms with van der Waals surface area (Å²) in [5.74, 6) is 1.51. The van der Waals surface area contributed by atoms with Gasteiger partial charge in [0.2, 0.25) is 0 Å². The summed E-state index contributed by atoms with van der Waals surface area (Å²) in [7, 11) is 0. The minimum atomic E-state index is -0.153. The van der Waals surface area contributed by atoms with Crippen LogP contribution in [0.15, 0.2) is 47.4 Å². The van der Waals surface area contributed by atoms with E-state index in [1.54, 1.807) is 0 Å². The zero-order valence-corrected chi connectivity index (χ0v) is 16.9. The van der Waals surface area contributed by atoms with E-state index in [2.05, 4.69) is 25.2 Å². The number of hydrogen-bond donors (Lipinski definition) is 1. The van der Waals surface area contributed by atoms with Crippen LogP contribution in [0.5, 0.6) is 11.5 Å². The van der Waals surface area contributed by atoms with Crippen molar-refractivity contribution in [2.75, 3.05) is 13.2 Å². The van der Waals surface area contributed by atoms with E-state index in [1.165, 1.54) is 22.9 Å². The fraction of sp³-hybridized carbons (Fsp3) is 0.238. The lowest BCUT2D eigenvalue weighted by Gasteiger charge is -2.10. The third-order valence-corrected chi connectivity index (χ3v) is 4.98. The first-order chi connectivity index (χ1) is 13.0. The van der Waals surface area contributed by atoms with E-state index in [1.807, 2.05) is 42.5 Å². The number of thiocarbonyl (C=S) groups is 1. The number of aryl methyl sites for hydroxylation is 2. The maximum Gasteiger partial charge on any atom is 0.263 e. The molecule has 1 saturated heterocycles. The van der Waals surface area contributed by atoms with Crippen molar-refractivity contribution in [1.29, 1.82) is 0 Å². The zero-order valence-electron chi connectivity index (χ0n) is 15.3. The second kappa shape index (κ2) is 9.06. The molecule has 0 unspecified atom stereocenters. The summed E-state index contributed by atoms with van der Waals surface area (Å²) in [5, 5.41) is 2.61. The van der Waals surface area contributed by atoms with E-state index in [0.717, 1.165) is 23.5 Å². The SMILES string of the molecule is Cc1cc(C)cc(OCCCOc2cccc(C=C3SC(=S)NC3=O)c2)c1. The molecule has 27 heavy (non-hydrogen) atoms. The molecule has 0 aliphatic carbocycles. The molecule has 6 heteroatoms. The van der Waals surface area contributed by atoms with Crippen molar-refractivity contribution >= 4 is 40.3 Å². The van der Waals surface area contributed by atoms with E-state index in [9.17, 15) is 4.79 Å². The van der Waals surface area contributed by atoms with E-state index in [4.69, 9.17) is 21.7 Å². The van der Waals surface area contributed by atoms with Crippen LogP contribution in [0.3, 0.4) is 0 Å². The van der Waals surface area contributed by atoms with Crippen LogP contribution in [-0.2, 0) is 4.79 Å². The molecule has 140 valence electrons. The van der Waals surface area contributed by atoms with Crippen LogP contribution in [0, 0.1) is 13.8 Å². The minimum absolute atomic E-state index is 0.153. The fourth-order valence-electron chi connectivity index (χ4n) is 2.72. The number of rotatable bonds is 7. The lowest BCUT2D eigenvalue weighted by Crippen LogP contribution is -2.17. The first kappa shape index (κ1) is 19.5. The van der Waals surface area contributed by atoms with Crippen molar-refractivity contribution in [3.05, 3.63) is 64.1 Å². The Labute approximate surface area is 168 Å². The smallest absolute Gasteiger partial charge is 0.263 e. The summed E-state index contributed by atoms with van der Waals surface area (Å²) >= 11 is 6.27. The Morgan fingerprint density at radius 2 is 1.74 bits per heavy atom. The van der Waals surface area contributed by atoms with Gasteiger partial charge in [0.15, 0.2) is 0 Å². The highest BCUT2D eigenvalue weighted by molar-refractivity contribution is 8.26. The van der Waals surface area contributed by atoms with Crippen LogP contribution >= 0.6 is 24.0 Å². The number of carbonyl (C=O) groups is 1. The average molecular weight is 400 g/mol. The Balaban J connectivity index is 1.48. The average Bonchev–Trinajstić information content (AvgIpc) is 2.91. The van der Waals surface area contributed by atoms with Crippen molar-refractivity contribution in [2.45, 2.75) is 20.3 Å². The van der Waals surface area contributed by atoms with Crippen molar-refractivity contribution in [3.8, 4) is 11.5 Å². The summed E-state index contributed by atoms with van der Waals surface area (Å²) in [6.07, 6.45) is 2.60. The molecule has 2 aromatic rings. The predicted molar refractivity (Wildman–Crippen MR) is 114 cm³/mol. The van der Waals surface area contributed by atoms with Crippen LogP contribution < -0.4 is 14.8 Å². The summed E-state index contributed by atoms with van der Waals surface area (Å²) in [6, 6.07) is 13.8. The summed E-state index contributed by atoms with van der Waals surface area (Å²) in [6.45, 7) is 5.28. The van der Waals surface area contributed by atoms with E-state index in [0.29, 0.717) is 22.4 Å². The molecule has 0 aromatic heterocycles. The normalized spacial score (nSPS) is 15.1. The summed E-state index contributed by atoms with van der Waals surface area (Å²) in [4.78, 5) is 12.3. The highest BCUT2D eigenvalue weighted by atomic mass is 32.2. The molecule has 0 bridgehead atoms. The second-order valence-electron chi connectivity index (χ2n) is 6.30. The maximum absolute atomic E-state index is 11.7. The molecule has 3 rings (SSSR count). The highest BCUT2D eigenvalue weighted by Gasteiger charge is 2.21. The molecule has 0 atom stereocenters. The predicted octanol–water partition coefficient (Wildman–Crippen LogP) is 4.64. The molecular formula is C21H21NO3S2. The molecule has 0 saturated carbocycles. The number of nitrogens with one attached hydrogen (secondary N) is 1. The molecule has 0 spiro atoms. The molecule has 1 heterocycles. The Morgan fingerprint density at radius 1 is 1.04 bits per heavy atom. The summed E-state index contributed by atoms with van der Waals surface area (Å²) < 4.78 is 12.1. The van der Waals surface area contributed by atoms with Gasteiger partial charge >= 0.3 is 0 Å². The van der Waals surface area contributed by atoms with Gasteiger partial charge in [-0.1, -0.05) is 42.2 Å². The Kier molecular flexibility index (Phi) is 6.53. The number of carbonyl (C=O) groups excluding carboxylic acids is 1. The van der Waals surface area contributed by atoms with Gasteiger partial charge in [-0.3, -0.25) is 4.79 Å². The number of amides is 1. The van der Waals surface area contributed by atoms with E-state index in [-0.39, 0.29) is 5.91 Å².